The molecule has 170 valence electrons. The molecule has 2 heterocycles. The summed E-state index contributed by atoms with van der Waals surface area (Å²) in [4.78, 5) is 24.8. The molecule has 2 aromatic rings. The lowest BCUT2D eigenvalue weighted by molar-refractivity contribution is -0.121. The molecule has 0 spiro atoms. The first kappa shape index (κ1) is 22.5. The highest BCUT2D eigenvalue weighted by Crippen LogP contribution is 2.29. The van der Waals surface area contributed by atoms with Crippen LogP contribution in [0.25, 0.3) is 0 Å². The second kappa shape index (κ2) is 9.42. The highest BCUT2D eigenvalue weighted by molar-refractivity contribution is 7.89. The number of nitrogens with zero attached hydrogens (tertiary/aromatic N) is 1. The fraction of sp³-hybridized carbons (Fsp3) is 0.417. The van der Waals surface area contributed by atoms with Gasteiger partial charge in [0.05, 0.1) is 4.90 Å². The summed E-state index contributed by atoms with van der Waals surface area (Å²) in [6, 6.07) is 12.7. The highest BCUT2D eigenvalue weighted by Gasteiger charge is 2.32. The standard InChI is InChI=1S/C24H29N3O4S/c1-2-17-6-3-4-8-21(17)26-24(29)18-12-14-27(15-13-18)32(30,31)20-10-11-22-19(16-20)7-5-9-23(28)25-22/h3-4,6,8,10-11,16,18H,2,5,7,9,12-15H2,1H3,(H,25,28)(H,26,29). The van der Waals surface area contributed by atoms with Crippen LogP contribution in [0, 0.1) is 5.92 Å². The Kier molecular flexibility index (Phi) is 6.62. The van der Waals surface area contributed by atoms with Crippen LogP contribution in [0.4, 0.5) is 11.4 Å². The quantitative estimate of drug-likeness (QED) is 0.721. The van der Waals surface area contributed by atoms with Gasteiger partial charge in [0, 0.05) is 36.8 Å². The van der Waals surface area contributed by atoms with Gasteiger partial charge in [0.2, 0.25) is 21.8 Å². The smallest absolute Gasteiger partial charge is 0.243 e. The highest BCUT2D eigenvalue weighted by atomic mass is 32.2. The predicted molar refractivity (Wildman–Crippen MR) is 124 cm³/mol. The van der Waals surface area contributed by atoms with E-state index < -0.39 is 10.0 Å². The zero-order chi connectivity index (χ0) is 22.7. The summed E-state index contributed by atoms with van der Waals surface area (Å²) in [6.45, 7) is 2.66. The lowest BCUT2D eigenvalue weighted by atomic mass is 9.97. The van der Waals surface area contributed by atoms with Crippen molar-refractivity contribution < 1.29 is 18.0 Å². The maximum atomic E-state index is 13.2. The normalized spacial score (nSPS) is 17.8. The molecule has 7 nitrogen and oxygen atoms in total. The van der Waals surface area contributed by atoms with E-state index in [2.05, 4.69) is 10.6 Å². The summed E-state index contributed by atoms with van der Waals surface area (Å²) in [5.41, 5.74) is 3.45. The van der Waals surface area contributed by atoms with E-state index in [1.807, 2.05) is 31.2 Å². The summed E-state index contributed by atoms with van der Waals surface area (Å²) >= 11 is 0. The van der Waals surface area contributed by atoms with E-state index in [0.29, 0.717) is 50.9 Å². The molecule has 0 unspecified atom stereocenters. The SMILES string of the molecule is CCc1ccccc1NC(=O)C1CCN(S(=O)(=O)c2ccc3c(c2)CCCC(=O)N3)CC1. The fourth-order valence-corrected chi connectivity index (χ4v) is 5.93. The number of sulfonamides is 1. The van der Waals surface area contributed by atoms with Gasteiger partial charge in [-0.1, -0.05) is 25.1 Å². The molecule has 1 fully saturated rings. The molecule has 0 aromatic heterocycles. The molecule has 32 heavy (non-hydrogen) atoms. The summed E-state index contributed by atoms with van der Waals surface area (Å²) in [6.07, 6.45) is 3.61. The lowest BCUT2D eigenvalue weighted by Crippen LogP contribution is -2.41. The molecule has 2 aliphatic rings. The van der Waals surface area contributed by atoms with Crippen molar-refractivity contribution in [2.24, 2.45) is 5.92 Å². The van der Waals surface area contributed by atoms with Gasteiger partial charge in [0.1, 0.15) is 0 Å². The second-order valence-corrected chi connectivity index (χ2v) is 10.3. The van der Waals surface area contributed by atoms with Gasteiger partial charge >= 0.3 is 0 Å². The van der Waals surface area contributed by atoms with E-state index in [4.69, 9.17) is 0 Å². The van der Waals surface area contributed by atoms with E-state index in [9.17, 15) is 18.0 Å². The molecular formula is C24H29N3O4S. The average Bonchev–Trinajstić information content (AvgIpc) is 2.99. The minimum Gasteiger partial charge on any atom is -0.326 e. The topological polar surface area (TPSA) is 95.6 Å². The summed E-state index contributed by atoms with van der Waals surface area (Å²) in [7, 11) is -3.65. The minimum atomic E-state index is -3.65. The summed E-state index contributed by atoms with van der Waals surface area (Å²) in [5, 5.41) is 5.85. The Morgan fingerprint density at radius 1 is 1.12 bits per heavy atom. The monoisotopic (exact) mass is 455 g/mol. The van der Waals surface area contributed by atoms with Crippen LogP contribution in [0.2, 0.25) is 0 Å². The van der Waals surface area contributed by atoms with E-state index in [1.54, 1.807) is 18.2 Å². The first-order valence-corrected chi connectivity index (χ1v) is 12.6. The molecule has 8 heteroatoms. The number of hydrogen-bond donors (Lipinski definition) is 2. The number of carbonyl (C=O) groups excluding carboxylic acids is 2. The second-order valence-electron chi connectivity index (χ2n) is 8.40. The van der Waals surface area contributed by atoms with Crippen LogP contribution in [0.1, 0.15) is 43.7 Å². The third kappa shape index (κ3) is 4.71. The molecule has 4 rings (SSSR count). The Balaban J connectivity index is 1.42. The molecule has 0 bridgehead atoms. The maximum absolute atomic E-state index is 13.2. The van der Waals surface area contributed by atoms with Gasteiger partial charge in [0.15, 0.2) is 0 Å². The molecule has 1 saturated heterocycles. The molecule has 2 N–H and O–H groups in total. The van der Waals surface area contributed by atoms with Crippen LogP contribution >= 0.6 is 0 Å². The van der Waals surface area contributed by atoms with E-state index in [0.717, 1.165) is 23.2 Å². The zero-order valence-electron chi connectivity index (χ0n) is 18.3. The van der Waals surface area contributed by atoms with Crippen molar-refractivity contribution in [3.63, 3.8) is 0 Å². The van der Waals surface area contributed by atoms with E-state index in [1.165, 1.54) is 4.31 Å². The number of carbonyl (C=O) groups is 2. The van der Waals surface area contributed by atoms with E-state index >= 15 is 0 Å². The largest absolute Gasteiger partial charge is 0.326 e. The first-order chi connectivity index (χ1) is 15.4. The zero-order valence-corrected chi connectivity index (χ0v) is 19.1. The molecule has 2 aliphatic heterocycles. The molecule has 2 aromatic carbocycles. The van der Waals surface area contributed by atoms with Crippen LogP contribution in [-0.2, 0) is 32.5 Å². The minimum absolute atomic E-state index is 0.0405. The third-order valence-electron chi connectivity index (χ3n) is 6.32. The fourth-order valence-electron chi connectivity index (χ4n) is 4.40. The van der Waals surface area contributed by atoms with Crippen LogP contribution < -0.4 is 10.6 Å². The average molecular weight is 456 g/mol. The van der Waals surface area contributed by atoms with Crippen molar-refractivity contribution in [1.29, 1.82) is 0 Å². The van der Waals surface area contributed by atoms with Crippen molar-refractivity contribution >= 4 is 33.2 Å². The molecule has 0 atom stereocenters. The Bertz CT molecular complexity index is 1120. The van der Waals surface area contributed by atoms with Crippen LogP contribution in [0.3, 0.4) is 0 Å². The molecule has 0 radical (unpaired) electrons. The van der Waals surface area contributed by atoms with Crippen molar-refractivity contribution in [3.05, 3.63) is 53.6 Å². The number of fused-ring (bicyclic) bond motifs is 1. The van der Waals surface area contributed by atoms with E-state index in [-0.39, 0.29) is 22.6 Å². The predicted octanol–water partition coefficient (Wildman–Crippen LogP) is 3.56. The summed E-state index contributed by atoms with van der Waals surface area (Å²) < 4.78 is 27.9. The number of aryl methyl sites for hydroxylation is 2. The van der Waals surface area contributed by atoms with Crippen LogP contribution in [0.15, 0.2) is 47.4 Å². The maximum Gasteiger partial charge on any atom is 0.243 e. The number of piperidine rings is 1. The number of amides is 2. The van der Waals surface area contributed by atoms with Gasteiger partial charge in [0.25, 0.3) is 0 Å². The molecular weight excluding hydrogens is 426 g/mol. The Labute approximate surface area is 189 Å². The summed E-state index contributed by atoms with van der Waals surface area (Å²) in [5.74, 6) is -0.307. The van der Waals surface area contributed by atoms with Crippen LogP contribution in [-0.4, -0.2) is 37.6 Å². The first-order valence-electron chi connectivity index (χ1n) is 11.2. The number of nitrogens with one attached hydrogen (secondary N) is 2. The third-order valence-corrected chi connectivity index (χ3v) is 8.21. The van der Waals surface area contributed by atoms with Gasteiger partial charge in [-0.25, -0.2) is 8.42 Å². The number of hydrogen-bond acceptors (Lipinski definition) is 4. The molecule has 0 aliphatic carbocycles. The number of para-hydroxylation sites is 1. The van der Waals surface area contributed by atoms with Gasteiger partial charge in [-0.05, 0) is 67.5 Å². The lowest BCUT2D eigenvalue weighted by Gasteiger charge is -2.31. The number of rotatable bonds is 5. The van der Waals surface area contributed by atoms with Crippen molar-refractivity contribution in [1.82, 2.24) is 4.31 Å². The van der Waals surface area contributed by atoms with Crippen molar-refractivity contribution in [2.45, 2.75) is 50.3 Å². The molecule has 0 saturated carbocycles. The van der Waals surface area contributed by atoms with Crippen molar-refractivity contribution in [2.75, 3.05) is 23.7 Å². The Hall–Kier alpha value is -2.71. The van der Waals surface area contributed by atoms with Crippen molar-refractivity contribution in [3.8, 4) is 0 Å². The van der Waals surface area contributed by atoms with Gasteiger partial charge in [-0.15, -0.1) is 0 Å². The number of benzene rings is 2. The number of anilines is 2. The Morgan fingerprint density at radius 2 is 1.88 bits per heavy atom. The van der Waals surface area contributed by atoms with Gasteiger partial charge in [-0.2, -0.15) is 4.31 Å². The van der Waals surface area contributed by atoms with Gasteiger partial charge in [-0.3, -0.25) is 9.59 Å². The molecule has 2 amide bonds. The Morgan fingerprint density at radius 3 is 2.62 bits per heavy atom. The van der Waals surface area contributed by atoms with Gasteiger partial charge < -0.3 is 10.6 Å². The van der Waals surface area contributed by atoms with Crippen LogP contribution in [0.5, 0.6) is 0 Å².